The number of hydrogen-bond acceptors (Lipinski definition) is 7. The van der Waals surface area contributed by atoms with Gasteiger partial charge in [0.25, 0.3) is 0 Å². The minimum Gasteiger partial charge on any atom is -0.493 e. The summed E-state index contributed by atoms with van der Waals surface area (Å²) in [6, 6.07) is 16.9. The molecule has 0 saturated carbocycles. The number of hydrogen-bond donors (Lipinski definition) is 1. The van der Waals surface area contributed by atoms with Gasteiger partial charge in [0.15, 0.2) is 5.69 Å². The molecule has 4 rings (SSSR count). The Morgan fingerprint density at radius 2 is 1.73 bits per heavy atom. The maximum absolute atomic E-state index is 11.5. The van der Waals surface area contributed by atoms with E-state index in [1.54, 1.807) is 44.3 Å². The first-order chi connectivity index (χ1) is 17.2. The number of rotatable bonds is 10. The van der Waals surface area contributed by atoms with Crippen molar-refractivity contribution in [2.45, 2.75) is 45.9 Å². The zero-order chi connectivity index (χ0) is 25.7. The Morgan fingerprint density at radius 1 is 1.00 bits per heavy atom. The molecule has 2 aromatic carbocycles. The van der Waals surface area contributed by atoms with Crippen LogP contribution in [0.5, 0.6) is 11.5 Å². The summed E-state index contributed by atoms with van der Waals surface area (Å²) in [6.45, 7) is 6.44. The van der Waals surface area contributed by atoms with Crippen LogP contribution in [-0.2, 0) is 13.2 Å². The first kappa shape index (κ1) is 28.5. The van der Waals surface area contributed by atoms with Crippen molar-refractivity contribution in [3.05, 3.63) is 98.5 Å². The predicted octanol–water partition coefficient (Wildman–Crippen LogP) is 0.300. The average molecular weight is 514 g/mol. The first-order valence-corrected chi connectivity index (χ1v) is 11.5. The molecule has 4 aromatic rings. The van der Waals surface area contributed by atoms with Crippen molar-refractivity contribution >= 4 is 0 Å². The van der Waals surface area contributed by atoms with Gasteiger partial charge in [-0.15, -0.1) is 0 Å². The molecule has 0 spiro atoms. The molecule has 37 heavy (non-hydrogen) atoms. The summed E-state index contributed by atoms with van der Waals surface area (Å²) in [4.78, 5) is 30.3. The number of benzene rings is 2. The predicted molar refractivity (Wildman–Crippen MR) is 133 cm³/mol. The van der Waals surface area contributed by atoms with Crippen LogP contribution in [0.2, 0.25) is 0 Å². The second-order valence-corrected chi connectivity index (χ2v) is 9.16. The molecule has 0 aliphatic rings. The van der Waals surface area contributed by atoms with E-state index in [0.29, 0.717) is 25.4 Å². The normalized spacial score (nSPS) is 11.1. The molecule has 0 saturated heterocycles. The third kappa shape index (κ3) is 8.19. The van der Waals surface area contributed by atoms with Crippen LogP contribution in [0.4, 0.5) is 0 Å². The van der Waals surface area contributed by atoms with Crippen molar-refractivity contribution in [2.24, 2.45) is 0 Å². The minimum absolute atomic E-state index is 0. The first-order valence-electron chi connectivity index (χ1n) is 11.5. The van der Waals surface area contributed by atoms with Gasteiger partial charge in [-0.3, -0.25) is 14.5 Å². The Morgan fingerprint density at radius 3 is 2.38 bits per heavy atom. The number of aromatic nitrogens is 3. The van der Waals surface area contributed by atoms with E-state index in [0.717, 1.165) is 38.4 Å². The number of nitrogens with zero attached hydrogens (tertiary/aromatic N) is 3. The van der Waals surface area contributed by atoms with Gasteiger partial charge >= 0.3 is 35.3 Å². The fourth-order valence-electron chi connectivity index (χ4n) is 3.55. The van der Waals surface area contributed by atoms with E-state index < -0.39 is 17.0 Å². The zero-order valence-corrected chi connectivity index (χ0v) is 23.4. The fourth-order valence-corrected chi connectivity index (χ4v) is 3.55. The topological polar surface area (TPSA) is 118 Å². The molecule has 2 aromatic heterocycles. The van der Waals surface area contributed by atoms with Crippen LogP contribution in [0, 0.1) is 6.92 Å². The molecule has 1 N–H and O–H groups in total. The Labute approximate surface area is 236 Å². The number of aliphatic hydroxyl groups is 1. The molecular weight excluding hydrogens is 485 g/mol. The molecule has 0 aliphatic carbocycles. The molecule has 0 fully saturated rings. The molecule has 9 nitrogen and oxygen atoms in total. The van der Waals surface area contributed by atoms with Crippen molar-refractivity contribution in [3.63, 3.8) is 0 Å². The summed E-state index contributed by atoms with van der Waals surface area (Å²) in [5, 5.41) is 9.84. The van der Waals surface area contributed by atoms with Crippen LogP contribution in [0.3, 0.4) is 0 Å². The Hall–Kier alpha value is -3.11. The van der Waals surface area contributed by atoms with Gasteiger partial charge in [-0.25, -0.2) is 4.79 Å². The van der Waals surface area contributed by atoms with E-state index >= 15 is 0 Å². The maximum atomic E-state index is 11.5. The van der Waals surface area contributed by atoms with Gasteiger partial charge in [0.1, 0.15) is 18.1 Å². The molecule has 2 heterocycles. The van der Waals surface area contributed by atoms with E-state index in [1.165, 1.54) is 0 Å². The van der Waals surface area contributed by atoms with Crippen molar-refractivity contribution in [3.8, 4) is 22.8 Å². The second-order valence-electron chi connectivity index (χ2n) is 9.16. The number of aryl methyl sites for hydroxylation is 1. The van der Waals surface area contributed by atoms with Gasteiger partial charge < -0.3 is 24.1 Å². The van der Waals surface area contributed by atoms with Gasteiger partial charge in [-0.05, 0) is 79.9 Å². The molecule has 0 atom stereocenters. The molecule has 0 bridgehead atoms. The quantitative estimate of drug-likeness (QED) is 0.301. The van der Waals surface area contributed by atoms with Crippen molar-refractivity contribution < 1.29 is 48.7 Å². The van der Waals surface area contributed by atoms with Crippen molar-refractivity contribution in [1.29, 1.82) is 0 Å². The summed E-state index contributed by atoms with van der Waals surface area (Å²) in [5.41, 5.74) is 3.14. The maximum Gasteiger partial charge on any atom is 1.00 e. The van der Waals surface area contributed by atoms with Crippen LogP contribution < -0.4 is 55.5 Å². The molecule has 0 aliphatic heterocycles. The Kier molecular flexibility index (Phi) is 9.56. The minimum atomic E-state index is -0.904. The summed E-state index contributed by atoms with van der Waals surface area (Å²) in [7, 11) is 0. The second kappa shape index (κ2) is 12.4. The van der Waals surface area contributed by atoms with Gasteiger partial charge in [0.05, 0.1) is 17.9 Å². The zero-order valence-electron chi connectivity index (χ0n) is 21.4. The van der Waals surface area contributed by atoms with Crippen LogP contribution in [-0.4, -0.2) is 27.0 Å². The van der Waals surface area contributed by atoms with Gasteiger partial charge in [0.2, 0.25) is 0 Å². The van der Waals surface area contributed by atoms with E-state index in [4.69, 9.17) is 14.0 Å². The SMILES string of the molecule is Cc1cc(OCCC(C)(C)O)ccc1-c1cc(COc2ccc(Cn3oc(=O)[n-]c3=O)cc2)ccn1.[Na+]. The van der Waals surface area contributed by atoms with Crippen molar-refractivity contribution in [2.75, 3.05) is 6.61 Å². The molecule has 0 unspecified atom stereocenters. The van der Waals surface area contributed by atoms with E-state index in [2.05, 4.69) is 9.97 Å². The smallest absolute Gasteiger partial charge is 0.493 e. The van der Waals surface area contributed by atoms with E-state index in [9.17, 15) is 14.7 Å². The number of ether oxygens (including phenoxy) is 2. The monoisotopic (exact) mass is 513 g/mol. The van der Waals surface area contributed by atoms with Crippen LogP contribution in [0.15, 0.2) is 74.9 Å². The molecule has 0 radical (unpaired) electrons. The van der Waals surface area contributed by atoms with Crippen LogP contribution in [0.25, 0.3) is 11.3 Å². The van der Waals surface area contributed by atoms with Gasteiger partial charge in [0, 0.05) is 24.7 Å². The summed E-state index contributed by atoms with van der Waals surface area (Å²) < 4.78 is 17.3. The standard InChI is InChI=1S/C27H29N3O6.Na/c1-18-14-22(34-13-11-27(2,3)33)8-9-23(18)24-15-20(10-12-28-24)17-35-21-6-4-19(5-7-21)16-30-25(31)29-26(32)36-30;/h4-10,12,14-15,33H,11,13,16-17H2,1-3H3,(H,29,31,32);/q;+1/p-1. The third-order valence-electron chi connectivity index (χ3n) is 5.52. The fraction of sp³-hybridized carbons (Fsp3) is 0.296. The Balaban J connectivity index is 0.00000380. The molecular formula is C27H28N3NaO6. The Bertz CT molecular complexity index is 1430. The van der Waals surface area contributed by atoms with Crippen LogP contribution in [0.1, 0.15) is 37.0 Å². The molecule has 0 amide bonds. The average Bonchev–Trinajstić information content (AvgIpc) is 3.14. The third-order valence-corrected chi connectivity index (χ3v) is 5.52. The number of pyridine rings is 1. The van der Waals surface area contributed by atoms with Crippen LogP contribution >= 0.6 is 0 Å². The van der Waals surface area contributed by atoms with Crippen molar-refractivity contribution in [1.82, 2.24) is 14.7 Å². The van der Waals surface area contributed by atoms with Gasteiger partial charge in [-0.1, -0.05) is 12.1 Å². The summed E-state index contributed by atoms with van der Waals surface area (Å²) in [5.74, 6) is 0.513. The van der Waals surface area contributed by atoms with E-state index in [-0.39, 0.29) is 36.1 Å². The van der Waals surface area contributed by atoms with E-state index in [1.807, 2.05) is 37.3 Å². The summed E-state index contributed by atoms with van der Waals surface area (Å²) in [6.07, 6.45) is 2.30. The summed E-state index contributed by atoms with van der Waals surface area (Å²) >= 11 is 0. The molecule has 188 valence electrons. The van der Waals surface area contributed by atoms with Gasteiger partial charge in [-0.2, -0.15) is 0 Å². The molecule has 10 heteroatoms. The largest absolute Gasteiger partial charge is 1.00 e.